The van der Waals surface area contributed by atoms with Crippen LogP contribution in [0.15, 0.2) is 62.9 Å². The Morgan fingerprint density at radius 2 is 1.76 bits per heavy atom. The van der Waals surface area contributed by atoms with Gasteiger partial charge in [-0.2, -0.15) is 4.31 Å². The van der Waals surface area contributed by atoms with Crippen molar-refractivity contribution in [2.45, 2.75) is 29.5 Å². The minimum Gasteiger partial charge on any atom is -0.406 e. The van der Waals surface area contributed by atoms with E-state index >= 15 is 0 Å². The first kappa shape index (κ1) is 22.2. The summed E-state index contributed by atoms with van der Waals surface area (Å²) in [6.07, 6.45) is -3.98. The van der Waals surface area contributed by atoms with E-state index in [9.17, 15) is 26.4 Å². The Labute approximate surface area is 191 Å². The summed E-state index contributed by atoms with van der Waals surface area (Å²) >= 11 is 1.19. The van der Waals surface area contributed by atoms with Gasteiger partial charge in [0, 0.05) is 36.8 Å². The molecule has 2 aliphatic heterocycles. The molecule has 1 saturated heterocycles. The molecule has 0 aliphatic carbocycles. The van der Waals surface area contributed by atoms with Crippen LogP contribution in [-0.2, 0) is 16.6 Å². The van der Waals surface area contributed by atoms with Crippen LogP contribution in [0.5, 0.6) is 5.75 Å². The molecule has 5 rings (SSSR count). The molecule has 33 heavy (non-hydrogen) atoms. The molecule has 0 unspecified atom stereocenters. The van der Waals surface area contributed by atoms with Crippen LogP contribution in [0.1, 0.15) is 18.0 Å². The third-order valence-electron chi connectivity index (χ3n) is 6.06. The van der Waals surface area contributed by atoms with Gasteiger partial charge in [-0.15, -0.1) is 24.5 Å². The number of rotatable bonds is 4. The van der Waals surface area contributed by atoms with Crippen LogP contribution in [0.4, 0.5) is 13.2 Å². The maximum absolute atomic E-state index is 13.2. The van der Waals surface area contributed by atoms with E-state index in [0.717, 1.165) is 12.1 Å². The molecular formula is C22H19F3N2O4S2. The molecule has 2 aliphatic rings. The van der Waals surface area contributed by atoms with Gasteiger partial charge < -0.3 is 9.30 Å². The van der Waals surface area contributed by atoms with Crippen molar-refractivity contribution in [1.29, 1.82) is 0 Å². The molecule has 0 spiro atoms. The van der Waals surface area contributed by atoms with E-state index in [4.69, 9.17) is 0 Å². The molecule has 0 radical (unpaired) electrons. The van der Waals surface area contributed by atoms with Gasteiger partial charge in [0.15, 0.2) is 0 Å². The van der Waals surface area contributed by atoms with E-state index in [-0.39, 0.29) is 23.1 Å². The van der Waals surface area contributed by atoms with Crippen molar-refractivity contribution in [3.8, 4) is 16.9 Å². The number of nitrogens with zero attached hydrogens (tertiary/aromatic N) is 2. The molecule has 2 aromatic heterocycles. The zero-order valence-corrected chi connectivity index (χ0v) is 18.8. The highest BCUT2D eigenvalue weighted by Gasteiger charge is 2.40. The smallest absolute Gasteiger partial charge is 0.406 e. The van der Waals surface area contributed by atoms with Crippen LogP contribution in [0, 0.1) is 5.92 Å². The number of hydrogen-bond acceptors (Lipinski definition) is 5. The number of pyridine rings is 1. The van der Waals surface area contributed by atoms with Crippen LogP contribution >= 0.6 is 11.3 Å². The van der Waals surface area contributed by atoms with Gasteiger partial charge in [-0.25, -0.2) is 8.42 Å². The maximum atomic E-state index is 13.2. The first-order valence-corrected chi connectivity index (χ1v) is 12.6. The fraction of sp³-hybridized carbons (Fsp3) is 0.318. The second-order valence-corrected chi connectivity index (χ2v) is 11.3. The van der Waals surface area contributed by atoms with Gasteiger partial charge in [-0.1, -0.05) is 18.2 Å². The Kier molecular flexibility index (Phi) is 5.37. The molecule has 0 amide bonds. The molecule has 11 heteroatoms. The monoisotopic (exact) mass is 496 g/mol. The summed E-state index contributed by atoms with van der Waals surface area (Å²) in [5.74, 6) is -0.455. The first-order valence-electron chi connectivity index (χ1n) is 10.3. The van der Waals surface area contributed by atoms with E-state index in [2.05, 4.69) is 4.74 Å². The number of piperidine rings is 1. The fourth-order valence-electron chi connectivity index (χ4n) is 4.69. The lowest BCUT2D eigenvalue weighted by Gasteiger charge is -2.42. The zero-order chi connectivity index (χ0) is 23.4. The SMILES string of the molecule is O=c1c(-c2ccc(OC(F)(F)F)cc2)ccc2n1C[C@@H]1C[C@@H]2CN(S(=O)(=O)c2cccs2)C1. The van der Waals surface area contributed by atoms with Crippen LogP contribution in [0.25, 0.3) is 11.1 Å². The van der Waals surface area contributed by atoms with Crippen molar-refractivity contribution in [3.05, 3.63) is 70.0 Å². The van der Waals surface area contributed by atoms with Crippen LogP contribution in [0.3, 0.4) is 0 Å². The highest BCUT2D eigenvalue weighted by molar-refractivity contribution is 7.91. The van der Waals surface area contributed by atoms with Crippen LogP contribution in [-0.4, -0.2) is 36.7 Å². The van der Waals surface area contributed by atoms with Crippen LogP contribution < -0.4 is 10.3 Å². The Morgan fingerprint density at radius 1 is 1.00 bits per heavy atom. The summed E-state index contributed by atoms with van der Waals surface area (Å²) in [7, 11) is -3.57. The third kappa shape index (κ3) is 4.20. The first-order chi connectivity index (χ1) is 15.6. The number of alkyl halides is 3. The summed E-state index contributed by atoms with van der Waals surface area (Å²) in [6, 6.07) is 12.0. The van der Waals surface area contributed by atoms with Gasteiger partial charge in [0.2, 0.25) is 0 Å². The maximum Gasteiger partial charge on any atom is 0.573 e. The van der Waals surface area contributed by atoms with Gasteiger partial charge >= 0.3 is 6.36 Å². The van der Waals surface area contributed by atoms with E-state index in [0.29, 0.717) is 35.0 Å². The minimum atomic E-state index is -4.78. The van der Waals surface area contributed by atoms with Gasteiger partial charge in [0.25, 0.3) is 15.6 Å². The fourth-order valence-corrected chi connectivity index (χ4v) is 7.40. The Morgan fingerprint density at radius 3 is 2.42 bits per heavy atom. The topological polar surface area (TPSA) is 68.6 Å². The minimum absolute atomic E-state index is 0.00139. The summed E-state index contributed by atoms with van der Waals surface area (Å²) in [5.41, 5.74) is 1.41. The number of aromatic nitrogens is 1. The predicted octanol–water partition coefficient (Wildman–Crippen LogP) is 4.28. The lowest BCUT2D eigenvalue weighted by atomic mass is 9.84. The third-order valence-corrected chi connectivity index (χ3v) is 9.26. The molecule has 1 aromatic carbocycles. The Bertz CT molecular complexity index is 1330. The van der Waals surface area contributed by atoms with Gasteiger partial charge in [-0.05, 0) is 53.6 Å². The molecule has 2 bridgehead atoms. The average molecular weight is 497 g/mol. The number of thiophene rings is 1. The summed E-state index contributed by atoms with van der Waals surface area (Å²) in [4.78, 5) is 13.2. The molecule has 174 valence electrons. The molecule has 1 fully saturated rings. The van der Waals surface area contributed by atoms with E-state index in [1.165, 1.54) is 39.9 Å². The zero-order valence-electron chi connectivity index (χ0n) is 17.2. The molecule has 3 aromatic rings. The van der Waals surface area contributed by atoms with Crippen molar-refractivity contribution in [2.75, 3.05) is 13.1 Å². The molecule has 6 nitrogen and oxygen atoms in total. The number of benzene rings is 1. The lowest BCUT2D eigenvalue weighted by Crippen LogP contribution is -2.49. The number of halogens is 3. The van der Waals surface area contributed by atoms with E-state index in [1.54, 1.807) is 28.1 Å². The van der Waals surface area contributed by atoms with Crippen LogP contribution in [0.2, 0.25) is 0 Å². The van der Waals surface area contributed by atoms with Crippen molar-refractivity contribution in [3.63, 3.8) is 0 Å². The van der Waals surface area contributed by atoms with E-state index in [1.807, 2.05) is 6.07 Å². The number of fused-ring (bicyclic) bond motifs is 4. The normalized spacial score (nSPS) is 20.9. The van der Waals surface area contributed by atoms with Crippen molar-refractivity contribution in [2.24, 2.45) is 5.92 Å². The van der Waals surface area contributed by atoms with Crippen molar-refractivity contribution >= 4 is 21.4 Å². The molecule has 0 saturated carbocycles. The van der Waals surface area contributed by atoms with Crippen molar-refractivity contribution < 1.29 is 26.3 Å². The molecule has 0 N–H and O–H groups in total. The highest BCUT2D eigenvalue weighted by atomic mass is 32.2. The second-order valence-electron chi connectivity index (χ2n) is 8.21. The predicted molar refractivity (Wildman–Crippen MR) is 117 cm³/mol. The standard InChI is InChI=1S/C22H19F3N2O4S2/c23-22(24,25)31-17-5-3-15(4-6-17)18-7-8-19-16-10-14(12-27(19)21(18)28)11-26(13-16)33(29,30)20-2-1-9-32-20/h1-9,14,16H,10-13H2/t14-,16-/m1/s1. The van der Waals surface area contributed by atoms with Gasteiger partial charge in [0.1, 0.15) is 9.96 Å². The molecule has 2 atom stereocenters. The van der Waals surface area contributed by atoms with E-state index < -0.39 is 16.4 Å². The Balaban J connectivity index is 1.43. The quantitative estimate of drug-likeness (QED) is 0.541. The largest absolute Gasteiger partial charge is 0.573 e. The molecular weight excluding hydrogens is 477 g/mol. The average Bonchev–Trinajstić information content (AvgIpc) is 3.30. The van der Waals surface area contributed by atoms with Gasteiger partial charge in [-0.3, -0.25) is 4.79 Å². The number of hydrogen-bond donors (Lipinski definition) is 0. The number of ether oxygens (including phenoxy) is 1. The summed E-state index contributed by atoms with van der Waals surface area (Å²) < 4.78 is 70.6. The summed E-state index contributed by atoms with van der Waals surface area (Å²) in [5, 5.41) is 1.73. The summed E-state index contributed by atoms with van der Waals surface area (Å²) in [6.45, 7) is 1.04. The van der Waals surface area contributed by atoms with Crippen molar-refractivity contribution in [1.82, 2.24) is 8.87 Å². The lowest BCUT2D eigenvalue weighted by molar-refractivity contribution is -0.274. The highest BCUT2D eigenvalue weighted by Crippen LogP contribution is 2.38. The molecule has 4 heterocycles. The Hall–Kier alpha value is -2.63. The second kappa shape index (κ2) is 8.00. The number of sulfonamides is 1. The van der Waals surface area contributed by atoms with Gasteiger partial charge in [0.05, 0.1) is 0 Å².